The van der Waals surface area contributed by atoms with Gasteiger partial charge in [-0.1, -0.05) is 0 Å². The lowest BCUT2D eigenvalue weighted by atomic mass is 10.1. The van der Waals surface area contributed by atoms with Crippen molar-refractivity contribution in [3.8, 4) is 0 Å². The molecule has 0 amide bonds. The van der Waals surface area contributed by atoms with Gasteiger partial charge in [-0.2, -0.15) is 11.8 Å². The third kappa shape index (κ3) is 2.86. The topological polar surface area (TPSA) is 24.5 Å². The summed E-state index contributed by atoms with van der Waals surface area (Å²) in [4.78, 5) is 0. The number of thioether (sulfide) groups is 1. The molecule has 2 heterocycles. The Morgan fingerprint density at radius 1 is 1.43 bits per heavy atom. The number of hydrogen-bond donors (Lipinski definition) is 1. The van der Waals surface area contributed by atoms with E-state index < -0.39 is 0 Å². The molecular formula is C10H20N2OS. The molecule has 4 heteroatoms. The summed E-state index contributed by atoms with van der Waals surface area (Å²) in [5.41, 5.74) is 3.54. The lowest BCUT2D eigenvalue weighted by Crippen LogP contribution is -2.49. The highest BCUT2D eigenvalue weighted by Crippen LogP contribution is 2.36. The Morgan fingerprint density at radius 3 is 2.86 bits per heavy atom. The third-order valence-corrected chi connectivity index (χ3v) is 4.53. The van der Waals surface area contributed by atoms with Gasteiger partial charge in [-0.15, -0.1) is 0 Å². The van der Waals surface area contributed by atoms with E-state index in [-0.39, 0.29) is 0 Å². The van der Waals surface area contributed by atoms with Gasteiger partial charge in [0.05, 0.1) is 13.2 Å². The molecule has 1 N–H and O–H groups in total. The summed E-state index contributed by atoms with van der Waals surface area (Å²) in [6, 6.07) is 0. The molecule has 2 fully saturated rings. The van der Waals surface area contributed by atoms with Crippen molar-refractivity contribution in [3.05, 3.63) is 0 Å². The van der Waals surface area contributed by atoms with Crippen molar-refractivity contribution in [2.45, 2.75) is 24.5 Å². The van der Waals surface area contributed by atoms with Gasteiger partial charge in [-0.25, -0.2) is 5.01 Å². The minimum atomic E-state index is 0.471. The molecule has 82 valence electrons. The number of rotatable bonds is 3. The summed E-state index contributed by atoms with van der Waals surface area (Å²) in [6.45, 7) is 7.28. The van der Waals surface area contributed by atoms with E-state index in [1.807, 2.05) is 0 Å². The SMILES string of the molecule is CC1(CNN2CCOCC2)CCCS1. The van der Waals surface area contributed by atoms with Crippen LogP contribution in [-0.2, 0) is 4.74 Å². The van der Waals surface area contributed by atoms with Crippen molar-refractivity contribution in [1.29, 1.82) is 0 Å². The monoisotopic (exact) mass is 216 g/mol. The third-order valence-electron chi connectivity index (χ3n) is 2.99. The van der Waals surface area contributed by atoms with Crippen molar-refractivity contribution >= 4 is 11.8 Å². The van der Waals surface area contributed by atoms with Crippen LogP contribution in [0.25, 0.3) is 0 Å². The van der Waals surface area contributed by atoms with E-state index in [2.05, 4.69) is 29.1 Å². The van der Waals surface area contributed by atoms with Crippen molar-refractivity contribution in [2.24, 2.45) is 0 Å². The van der Waals surface area contributed by atoms with Gasteiger partial charge in [0, 0.05) is 24.4 Å². The van der Waals surface area contributed by atoms with E-state index in [0.717, 1.165) is 32.8 Å². The van der Waals surface area contributed by atoms with Gasteiger partial charge in [-0.3, -0.25) is 5.43 Å². The van der Waals surface area contributed by atoms with Gasteiger partial charge in [0.1, 0.15) is 0 Å². The van der Waals surface area contributed by atoms with Gasteiger partial charge >= 0.3 is 0 Å². The summed E-state index contributed by atoms with van der Waals surface area (Å²) in [5.74, 6) is 1.33. The van der Waals surface area contributed by atoms with E-state index in [0.29, 0.717) is 4.75 Å². The molecule has 1 atom stereocenters. The first-order valence-electron chi connectivity index (χ1n) is 5.49. The Bertz CT molecular complexity index is 177. The van der Waals surface area contributed by atoms with Gasteiger partial charge in [0.15, 0.2) is 0 Å². The molecule has 0 radical (unpaired) electrons. The quantitative estimate of drug-likeness (QED) is 0.764. The van der Waals surface area contributed by atoms with Crippen LogP contribution in [0.3, 0.4) is 0 Å². The molecule has 0 aliphatic carbocycles. The molecule has 2 aliphatic heterocycles. The lowest BCUT2D eigenvalue weighted by molar-refractivity contribution is 0.0106. The largest absolute Gasteiger partial charge is 0.379 e. The molecule has 0 aromatic heterocycles. The first-order valence-corrected chi connectivity index (χ1v) is 6.47. The zero-order valence-electron chi connectivity index (χ0n) is 8.92. The van der Waals surface area contributed by atoms with E-state index in [4.69, 9.17) is 4.74 Å². The molecule has 0 aromatic rings. The van der Waals surface area contributed by atoms with Crippen molar-refractivity contribution in [2.75, 3.05) is 38.6 Å². The van der Waals surface area contributed by atoms with Crippen LogP contribution in [0.15, 0.2) is 0 Å². The summed E-state index contributed by atoms with van der Waals surface area (Å²) in [5, 5.41) is 2.30. The zero-order valence-corrected chi connectivity index (χ0v) is 9.74. The smallest absolute Gasteiger partial charge is 0.0608 e. The maximum absolute atomic E-state index is 5.31. The number of hydrazine groups is 1. The van der Waals surface area contributed by atoms with Crippen molar-refractivity contribution in [1.82, 2.24) is 10.4 Å². The van der Waals surface area contributed by atoms with Crippen molar-refractivity contribution in [3.63, 3.8) is 0 Å². The van der Waals surface area contributed by atoms with Gasteiger partial charge in [0.25, 0.3) is 0 Å². The normalized spacial score (nSPS) is 34.9. The number of nitrogens with one attached hydrogen (secondary N) is 1. The fourth-order valence-corrected chi connectivity index (χ4v) is 3.21. The van der Waals surface area contributed by atoms with Gasteiger partial charge in [-0.05, 0) is 25.5 Å². The lowest BCUT2D eigenvalue weighted by Gasteiger charge is -2.31. The molecule has 0 saturated carbocycles. The molecule has 2 saturated heterocycles. The average Bonchev–Trinajstić information content (AvgIpc) is 2.65. The Hall–Kier alpha value is 0.230. The van der Waals surface area contributed by atoms with Crippen LogP contribution >= 0.6 is 11.8 Å². The van der Waals surface area contributed by atoms with Crippen LogP contribution < -0.4 is 5.43 Å². The van der Waals surface area contributed by atoms with Crippen LogP contribution in [0.4, 0.5) is 0 Å². The Morgan fingerprint density at radius 2 is 2.21 bits per heavy atom. The maximum atomic E-state index is 5.31. The van der Waals surface area contributed by atoms with Gasteiger partial charge < -0.3 is 4.74 Å². The summed E-state index contributed by atoms with van der Waals surface area (Å²) < 4.78 is 5.78. The Balaban J connectivity index is 1.70. The molecule has 0 spiro atoms. The fraction of sp³-hybridized carbons (Fsp3) is 1.00. The van der Waals surface area contributed by atoms with Gasteiger partial charge in [0.2, 0.25) is 0 Å². The predicted molar refractivity (Wildman–Crippen MR) is 60.5 cm³/mol. The molecule has 1 unspecified atom stereocenters. The molecule has 0 aromatic carbocycles. The van der Waals surface area contributed by atoms with E-state index >= 15 is 0 Å². The zero-order chi connectivity index (χ0) is 9.86. The number of nitrogens with zero attached hydrogens (tertiary/aromatic N) is 1. The number of ether oxygens (including phenoxy) is 1. The van der Waals surface area contributed by atoms with E-state index in [9.17, 15) is 0 Å². The minimum Gasteiger partial charge on any atom is -0.379 e. The summed E-state index contributed by atoms with van der Waals surface area (Å²) in [7, 11) is 0. The van der Waals surface area contributed by atoms with Crippen LogP contribution in [0, 0.1) is 0 Å². The molecule has 3 nitrogen and oxygen atoms in total. The number of hydrogen-bond acceptors (Lipinski definition) is 4. The summed E-state index contributed by atoms with van der Waals surface area (Å²) >= 11 is 2.11. The number of morpholine rings is 1. The minimum absolute atomic E-state index is 0.471. The molecule has 14 heavy (non-hydrogen) atoms. The second-order valence-electron chi connectivity index (χ2n) is 4.34. The second kappa shape index (κ2) is 4.84. The molecular weight excluding hydrogens is 196 g/mol. The molecule has 2 aliphatic rings. The highest BCUT2D eigenvalue weighted by molar-refractivity contribution is 8.00. The standard InChI is InChI=1S/C10H20N2OS/c1-10(3-2-8-14-10)9-11-12-4-6-13-7-5-12/h11H,2-9H2,1H3. The van der Waals surface area contributed by atoms with Crippen LogP contribution in [0.2, 0.25) is 0 Å². The second-order valence-corrected chi connectivity index (χ2v) is 6.02. The molecule has 0 bridgehead atoms. The Kier molecular flexibility index (Phi) is 3.71. The average molecular weight is 216 g/mol. The van der Waals surface area contributed by atoms with E-state index in [1.165, 1.54) is 18.6 Å². The Labute approximate surface area is 90.5 Å². The fourth-order valence-electron chi connectivity index (χ4n) is 1.98. The first kappa shape index (κ1) is 10.7. The van der Waals surface area contributed by atoms with Crippen LogP contribution in [0.1, 0.15) is 19.8 Å². The van der Waals surface area contributed by atoms with Crippen LogP contribution in [-0.4, -0.2) is 48.4 Å². The predicted octanol–water partition coefficient (Wildman–Crippen LogP) is 1.11. The van der Waals surface area contributed by atoms with Crippen molar-refractivity contribution < 1.29 is 4.74 Å². The molecule has 2 rings (SSSR count). The first-order chi connectivity index (χ1) is 6.79. The van der Waals surface area contributed by atoms with Crippen LogP contribution in [0.5, 0.6) is 0 Å². The summed E-state index contributed by atoms with van der Waals surface area (Å²) in [6.07, 6.45) is 2.74. The van der Waals surface area contributed by atoms with E-state index in [1.54, 1.807) is 0 Å². The highest BCUT2D eigenvalue weighted by Gasteiger charge is 2.29. The highest BCUT2D eigenvalue weighted by atomic mass is 32.2. The maximum Gasteiger partial charge on any atom is 0.0608 e.